The van der Waals surface area contributed by atoms with Crippen molar-refractivity contribution in [3.05, 3.63) is 59.4 Å². The Morgan fingerprint density at radius 2 is 1.77 bits per heavy atom. The van der Waals surface area contributed by atoms with Gasteiger partial charge in [-0.3, -0.25) is 4.79 Å². The second-order valence-electron chi connectivity index (χ2n) is 5.42. The summed E-state index contributed by atoms with van der Waals surface area (Å²) in [6.07, 6.45) is -2.50. The quantitative estimate of drug-likeness (QED) is 0.651. The monoisotopic (exact) mass is 367 g/mol. The first kappa shape index (κ1) is 17.8. The van der Waals surface area contributed by atoms with Gasteiger partial charge in [0, 0.05) is 23.4 Å². The molecule has 0 spiro atoms. The highest BCUT2D eigenvalue weighted by atomic mass is 19.4. The molecule has 26 heavy (non-hydrogen) atoms. The van der Waals surface area contributed by atoms with Crippen LogP contribution in [0.5, 0.6) is 11.5 Å². The fraction of sp³-hybridized carbons (Fsp3) is 0.167. The van der Waals surface area contributed by atoms with Crippen LogP contribution >= 0.6 is 0 Å². The normalized spacial score (nSPS) is 13.7. The van der Waals surface area contributed by atoms with Gasteiger partial charge in [0.25, 0.3) is 0 Å². The summed E-state index contributed by atoms with van der Waals surface area (Å²) >= 11 is 0. The summed E-state index contributed by atoms with van der Waals surface area (Å²) in [6, 6.07) is 6.94. The van der Waals surface area contributed by atoms with Crippen LogP contribution in [-0.2, 0) is 11.0 Å². The Kier molecular flexibility index (Phi) is 4.83. The van der Waals surface area contributed by atoms with Crippen LogP contribution in [0.15, 0.2) is 42.5 Å². The lowest BCUT2D eigenvalue weighted by Crippen LogP contribution is -2.16. The van der Waals surface area contributed by atoms with Crippen LogP contribution < -0.4 is 14.8 Å². The zero-order valence-corrected chi connectivity index (χ0v) is 13.3. The molecule has 1 heterocycles. The number of carbonyl (C=O) groups is 1. The Morgan fingerprint density at radius 1 is 1.04 bits per heavy atom. The maximum Gasteiger partial charge on any atom is 0.416 e. The Labute approximate surface area is 146 Å². The maximum atomic E-state index is 13.7. The van der Waals surface area contributed by atoms with E-state index in [9.17, 15) is 22.4 Å². The summed E-state index contributed by atoms with van der Waals surface area (Å²) in [5.74, 6) is -0.576. The number of hydrogen-bond donors (Lipinski definition) is 1. The van der Waals surface area contributed by atoms with Gasteiger partial charge in [-0.05, 0) is 30.3 Å². The fourth-order valence-corrected chi connectivity index (χ4v) is 2.31. The molecule has 1 aliphatic rings. The van der Waals surface area contributed by atoms with E-state index in [1.165, 1.54) is 0 Å². The molecule has 1 amide bonds. The first-order chi connectivity index (χ1) is 12.3. The minimum absolute atomic E-state index is 0.129. The van der Waals surface area contributed by atoms with E-state index in [4.69, 9.17) is 9.47 Å². The van der Waals surface area contributed by atoms with Gasteiger partial charge in [0.05, 0.1) is 5.56 Å². The third-order valence-electron chi connectivity index (χ3n) is 3.55. The Bertz CT molecular complexity index is 862. The van der Waals surface area contributed by atoms with Crippen molar-refractivity contribution < 1.29 is 31.8 Å². The Hall–Kier alpha value is -3.03. The van der Waals surface area contributed by atoms with E-state index in [1.807, 2.05) is 0 Å². The Balaban J connectivity index is 1.68. The van der Waals surface area contributed by atoms with Gasteiger partial charge in [-0.2, -0.15) is 13.2 Å². The highest BCUT2D eigenvalue weighted by Crippen LogP contribution is 2.33. The lowest BCUT2D eigenvalue weighted by atomic mass is 10.1. The SMILES string of the molecule is O=C(/C=C/c1ccc(C(F)(F)F)cc1F)Nc1ccc2c(c1)OCCO2. The number of halogens is 4. The summed E-state index contributed by atoms with van der Waals surface area (Å²) in [5.41, 5.74) is -0.778. The lowest BCUT2D eigenvalue weighted by Gasteiger charge is -2.18. The third kappa shape index (κ3) is 4.14. The molecule has 2 aromatic rings. The second kappa shape index (κ2) is 7.07. The highest BCUT2D eigenvalue weighted by Gasteiger charge is 2.30. The molecule has 136 valence electrons. The summed E-state index contributed by atoms with van der Waals surface area (Å²) in [4.78, 5) is 11.9. The molecule has 0 radical (unpaired) electrons. The van der Waals surface area contributed by atoms with Crippen molar-refractivity contribution in [2.75, 3.05) is 18.5 Å². The molecule has 1 aliphatic heterocycles. The van der Waals surface area contributed by atoms with Gasteiger partial charge in [-0.25, -0.2) is 4.39 Å². The number of fused-ring (bicyclic) bond motifs is 1. The molecule has 0 saturated carbocycles. The number of rotatable bonds is 3. The number of carbonyl (C=O) groups excluding carboxylic acids is 1. The lowest BCUT2D eigenvalue weighted by molar-refractivity contribution is -0.137. The van der Waals surface area contributed by atoms with Gasteiger partial charge < -0.3 is 14.8 Å². The molecule has 3 rings (SSSR count). The summed E-state index contributed by atoms with van der Waals surface area (Å²) in [7, 11) is 0. The van der Waals surface area contributed by atoms with Crippen molar-refractivity contribution in [3.63, 3.8) is 0 Å². The molecular weight excluding hydrogens is 354 g/mol. The van der Waals surface area contributed by atoms with E-state index in [2.05, 4.69) is 5.32 Å². The maximum absolute atomic E-state index is 13.7. The standard InChI is InChI=1S/C18H13F4NO3/c19-14-9-12(18(20,21)22)3-1-11(14)2-6-17(24)23-13-4-5-15-16(10-13)26-8-7-25-15/h1-6,9-10H,7-8H2,(H,23,24)/b6-2+. The predicted octanol–water partition coefficient (Wildman–Crippen LogP) is 4.27. The van der Waals surface area contributed by atoms with Crippen molar-refractivity contribution in [2.24, 2.45) is 0 Å². The highest BCUT2D eigenvalue weighted by molar-refractivity contribution is 6.02. The third-order valence-corrected chi connectivity index (χ3v) is 3.55. The van der Waals surface area contributed by atoms with E-state index < -0.39 is 23.5 Å². The molecule has 0 fully saturated rings. The van der Waals surface area contributed by atoms with Gasteiger partial charge in [-0.1, -0.05) is 6.07 Å². The van der Waals surface area contributed by atoms with Crippen LogP contribution in [0.25, 0.3) is 6.08 Å². The van der Waals surface area contributed by atoms with Crippen LogP contribution in [0.4, 0.5) is 23.2 Å². The predicted molar refractivity (Wildman–Crippen MR) is 86.5 cm³/mol. The average Bonchev–Trinajstić information content (AvgIpc) is 2.59. The van der Waals surface area contributed by atoms with Gasteiger partial charge in [0.15, 0.2) is 11.5 Å². The molecule has 2 aromatic carbocycles. The topological polar surface area (TPSA) is 47.6 Å². The number of amides is 1. The van der Waals surface area contributed by atoms with Crippen LogP contribution in [0.1, 0.15) is 11.1 Å². The molecule has 0 saturated heterocycles. The first-order valence-electron chi connectivity index (χ1n) is 7.58. The zero-order chi connectivity index (χ0) is 18.7. The van der Waals surface area contributed by atoms with E-state index in [1.54, 1.807) is 18.2 Å². The largest absolute Gasteiger partial charge is 0.486 e. The Morgan fingerprint density at radius 3 is 2.46 bits per heavy atom. The molecular formula is C18H13F4NO3. The molecule has 1 N–H and O–H groups in total. The van der Waals surface area contributed by atoms with Crippen LogP contribution in [0.2, 0.25) is 0 Å². The van der Waals surface area contributed by atoms with Crippen molar-refractivity contribution in [1.29, 1.82) is 0 Å². The fourth-order valence-electron chi connectivity index (χ4n) is 2.31. The number of alkyl halides is 3. The number of hydrogen-bond acceptors (Lipinski definition) is 3. The number of ether oxygens (including phenoxy) is 2. The van der Waals surface area contributed by atoms with Gasteiger partial charge in [0.2, 0.25) is 5.91 Å². The van der Waals surface area contributed by atoms with Crippen molar-refractivity contribution in [1.82, 2.24) is 0 Å². The molecule has 4 nitrogen and oxygen atoms in total. The molecule has 0 bridgehead atoms. The molecule has 0 unspecified atom stereocenters. The smallest absolute Gasteiger partial charge is 0.416 e. The second-order valence-corrected chi connectivity index (χ2v) is 5.42. The molecule has 8 heteroatoms. The van der Waals surface area contributed by atoms with Crippen LogP contribution in [-0.4, -0.2) is 19.1 Å². The van der Waals surface area contributed by atoms with E-state index in [0.717, 1.165) is 24.3 Å². The minimum Gasteiger partial charge on any atom is -0.486 e. The summed E-state index contributed by atoms with van der Waals surface area (Å²) < 4.78 is 62.0. The van der Waals surface area contributed by atoms with Crippen molar-refractivity contribution >= 4 is 17.7 Å². The van der Waals surface area contributed by atoms with E-state index >= 15 is 0 Å². The van der Waals surface area contributed by atoms with Crippen LogP contribution in [0.3, 0.4) is 0 Å². The van der Waals surface area contributed by atoms with E-state index in [0.29, 0.717) is 36.5 Å². The molecule has 0 aromatic heterocycles. The average molecular weight is 367 g/mol. The summed E-state index contributed by atoms with van der Waals surface area (Å²) in [5, 5.41) is 2.55. The van der Waals surface area contributed by atoms with Crippen LogP contribution in [0, 0.1) is 5.82 Å². The minimum atomic E-state index is -4.63. The van der Waals surface area contributed by atoms with Crippen molar-refractivity contribution in [3.8, 4) is 11.5 Å². The molecule has 0 aliphatic carbocycles. The number of nitrogens with one attached hydrogen (secondary N) is 1. The van der Waals surface area contributed by atoms with Gasteiger partial charge >= 0.3 is 6.18 Å². The number of anilines is 1. The van der Waals surface area contributed by atoms with E-state index in [-0.39, 0.29) is 5.56 Å². The van der Waals surface area contributed by atoms with Gasteiger partial charge in [0.1, 0.15) is 19.0 Å². The molecule has 0 atom stereocenters. The zero-order valence-electron chi connectivity index (χ0n) is 13.3. The van der Waals surface area contributed by atoms with Gasteiger partial charge in [-0.15, -0.1) is 0 Å². The summed E-state index contributed by atoms with van der Waals surface area (Å²) in [6.45, 7) is 0.845. The van der Waals surface area contributed by atoms with Crippen molar-refractivity contribution in [2.45, 2.75) is 6.18 Å². The first-order valence-corrected chi connectivity index (χ1v) is 7.58. The number of benzene rings is 2.